The third-order valence-electron chi connectivity index (χ3n) is 5.02. The second-order valence-electron chi connectivity index (χ2n) is 6.93. The molecule has 0 fully saturated rings. The number of fused-ring (bicyclic) bond motifs is 2. The van der Waals surface area contributed by atoms with Crippen LogP contribution in [0.4, 0.5) is 0 Å². The van der Waals surface area contributed by atoms with Gasteiger partial charge in [0.05, 0.1) is 0 Å². The molecule has 2 heterocycles. The van der Waals surface area contributed by atoms with Crippen molar-refractivity contribution >= 4 is 42.3 Å². The number of rotatable bonds is 1. The molecule has 24 heavy (non-hydrogen) atoms. The number of benzene rings is 2. The monoisotopic (exact) mass is 397 g/mol. The first kappa shape index (κ1) is 15.8. The first-order valence-corrected chi connectivity index (χ1v) is 12.9. The van der Waals surface area contributed by atoms with Crippen molar-refractivity contribution in [1.29, 1.82) is 0 Å². The quantitative estimate of drug-likeness (QED) is 0.437. The van der Waals surface area contributed by atoms with Crippen molar-refractivity contribution in [3.8, 4) is 11.3 Å². The van der Waals surface area contributed by atoms with Crippen molar-refractivity contribution in [2.24, 2.45) is 7.05 Å². The summed E-state index contributed by atoms with van der Waals surface area (Å²) < 4.78 is 5.33. The first-order chi connectivity index (χ1) is 11.5. The summed E-state index contributed by atoms with van der Waals surface area (Å²) in [5, 5.41) is 3.22. The summed E-state index contributed by atoms with van der Waals surface area (Å²) in [7, 11) is 0.463. The number of hydrogen-bond donors (Lipinski definition) is 0. The Labute approximate surface area is 150 Å². The van der Waals surface area contributed by atoms with Crippen LogP contribution in [0.3, 0.4) is 0 Å². The van der Waals surface area contributed by atoms with Crippen LogP contribution in [0.15, 0.2) is 55.0 Å². The molecule has 1 aromatic heterocycles. The predicted octanol–water partition coefficient (Wildman–Crippen LogP) is 0.673. The molecule has 3 aromatic rings. The summed E-state index contributed by atoms with van der Waals surface area (Å²) >= 11 is 0.346. The van der Waals surface area contributed by atoms with E-state index in [1.165, 1.54) is 16.8 Å². The molecule has 0 saturated heterocycles. The van der Waals surface area contributed by atoms with E-state index >= 15 is 0 Å². The van der Waals surface area contributed by atoms with Gasteiger partial charge in [0.25, 0.3) is 0 Å². The molecule has 0 radical (unpaired) electrons. The Kier molecular flexibility index (Phi) is 3.72. The van der Waals surface area contributed by atoms with Gasteiger partial charge in [-0.05, 0) is 0 Å². The zero-order valence-electron chi connectivity index (χ0n) is 14.5. The molecule has 2 nitrogen and oxygen atoms in total. The van der Waals surface area contributed by atoms with Crippen LogP contribution in [0.1, 0.15) is 5.56 Å². The number of nitrogens with zero attached hydrogens (tertiary/aromatic N) is 2. The normalized spacial score (nSPS) is 14.8. The zero-order chi connectivity index (χ0) is 16.9. The fourth-order valence-corrected chi connectivity index (χ4v) is 12.3. The molecule has 2 aromatic carbocycles. The average Bonchev–Trinajstić information content (AvgIpc) is 2.56. The minimum absolute atomic E-state index is 0.346. The number of aromatic nitrogens is 2. The molecular formula is C20H21N2SeSi+. The van der Waals surface area contributed by atoms with Crippen molar-refractivity contribution in [2.75, 3.05) is 0 Å². The Balaban J connectivity index is 2.03. The van der Waals surface area contributed by atoms with E-state index in [-0.39, 0.29) is 0 Å². The van der Waals surface area contributed by atoms with Gasteiger partial charge in [-0.1, -0.05) is 0 Å². The Morgan fingerprint density at radius 3 is 2.62 bits per heavy atom. The summed E-state index contributed by atoms with van der Waals surface area (Å²) in [6, 6.07) is 13.8. The van der Waals surface area contributed by atoms with Crippen LogP contribution in [-0.4, -0.2) is 28.0 Å². The summed E-state index contributed by atoms with van der Waals surface area (Å²) in [5.41, 5.74) is 3.97. The van der Waals surface area contributed by atoms with Crippen molar-refractivity contribution in [3.63, 3.8) is 0 Å². The minimum atomic E-state index is -1.65. The van der Waals surface area contributed by atoms with Gasteiger partial charge in [0.15, 0.2) is 0 Å². The molecule has 0 aliphatic carbocycles. The third kappa shape index (κ3) is 2.29. The van der Waals surface area contributed by atoms with Crippen molar-refractivity contribution in [1.82, 2.24) is 4.98 Å². The molecule has 0 unspecified atom stereocenters. The van der Waals surface area contributed by atoms with E-state index in [9.17, 15) is 0 Å². The number of hydrogen-bond acceptors (Lipinski definition) is 1. The van der Waals surface area contributed by atoms with Crippen molar-refractivity contribution < 1.29 is 4.57 Å². The second-order valence-corrected chi connectivity index (χ2v) is 13.5. The average molecular weight is 396 g/mol. The van der Waals surface area contributed by atoms with Crippen LogP contribution >= 0.6 is 0 Å². The second kappa shape index (κ2) is 5.66. The Bertz CT molecular complexity index is 950. The van der Waals surface area contributed by atoms with Crippen LogP contribution in [0.5, 0.6) is 0 Å². The Hall–Kier alpha value is -1.74. The molecule has 0 spiro atoms. The predicted molar refractivity (Wildman–Crippen MR) is 104 cm³/mol. The van der Waals surface area contributed by atoms with Crippen molar-refractivity contribution in [2.45, 2.75) is 20.0 Å². The van der Waals surface area contributed by atoms with Crippen LogP contribution in [0.2, 0.25) is 13.1 Å². The molecule has 0 N–H and O–H groups in total. The Morgan fingerprint density at radius 2 is 1.83 bits per heavy atom. The molecule has 1 aliphatic heterocycles. The molecule has 0 bridgehead atoms. The van der Waals surface area contributed by atoms with Gasteiger partial charge < -0.3 is 0 Å². The van der Waals surface area contributed by atoms with Crippen LogP contribution in [-0.2, 0) is 7.05 Å². The van der Waals surface area contributed by atoms with E-state index in [2.05, 4.69) is 73.0 Å². The van der Waals surface area contributed by atoms with E-state index in [1.54, 1.807) is 19.3 Å². The van der Waals surface area contributed by atoms with E-state index in [0.717, 1.165) is 0 Å². The molecule has 4 rings (SSSR count). The van der Waals surface area contributed by atoms with E-state index in [1.807, 2.05) is 18.6 Å². The standard InChI is InChI=1S/C20H21N2SeSi/c1-14-9-10-18-20(19(14)15-13-21-11-12-22(15)2)23-16-7-5-6-8-17(16)24(18,3)4/h5-13H,1-4H3/q+1. The summed E-state index contributed by atoms with van der Waals surface area (Å²) in [6.45, 7) is 7.21. The topological polar surface area (TPSA) is 16.8 Å². The van der Waals surface area contributed by atoms with Gasteiger partial charge in [0.1, 0.15) is 0 Å². The third-order valence-corrected chi connectivity index (χ3v) is 11.9. The van der Waals surface area contributed by atoms with E-state index in [4.69, 9.17) is 0 Å². The molecule has 1 aliphatic rings. The SMILES string of the molecule is Cc1ccc2c(c1-c1cncc[n+]1C)[Se]c1ccccc1[Si]2(C)C. The van der Waals surface area contributed by atoms with Gasteiger partial charge in [-0.25, -0.2) is 0 Å². The van der Waals surface area contributed by atoms with Gasteiger partial charge in [-0.3, -0.25) is 0 Å². The van der Waals surface area contributed by atoms with Gasteiger partial charge in [-0.15, -0.1) is 0 Å². The van der Waals surface area contributed by atoms with E-state index < -0.39 is 8.07 Å². The first-order valence-electron chi connectivity index (χ1n) is 8.21. The molecular weight excluding hydrogens is 375 g/mol. The van der Waals surface area contributed by atoms with Gasteiger partial charge in [0, 0.05) is 0 Å². The van der Waals surface area contributed by atoms with Crippen LogP contribution < -0.4 is 23.9 Å². The van der Waals surface area contributed by atoms with Crippen molar-refractivity contribution in [3.05, 3.63) is 60.6 Å². The molecule has 4 heteroatoms. The van der Waals surface area contributed by atoms with Crippen LogP contribution in [0.25, 0.3) is 11.3 Å². The molecule has 0 saturated carbocycles. The van der Waals surface area contributed by atoms with Crippen LogP contribution in [0, 0.1) is 6.92 Å². The fourth-order valence-electron chi connectivity index (χ4n) is 3.59. The maximum absolute atomic E-state index is 4.39. The van der Waals surface area contributed by atoms with Gasteiger partial charge >= 0.3 is 151 Å². The van der Waals surface area contributed by atoms with Gasteiger partial charge in [0.2, 0.25) is 0 Å². The summed E-state index contributed by atoms with van der Waals surface area (Å²) in [6.07, 6.45) is 5.90. The van der Waals surface area contributed by atoms with E-state index in [0.29, 0.717) is 15.0 Å². The number of aryl methyl sites for hydroxylation is 2. The van der Waals surface area contributed by atoms with Gasteiger partial charge in [-0.2, -0.15) is 0 Å². The molecule has 120 valence electrons. The fraction of sp³-hybridized carbons (Fsp3) is 0.200. The summed E-state index contributed by atoms with van der Waals surface area (Å²) in [5.74, 6) is 0. The Morgan fingerprint density at radius 1 is 1.04 bits per heavy atom. The summed E-state index contributed by atoms with van der Waals surface area (Å²) in [4.78, 5) is 4.39. The zero-order valence-corrected chi connectivity index (χ0v) is 17.2. The molecule has 0 atom stereocenters. The maximum atomic E-state index is 4.39. The molecule has 0 amide bonds.